The lowest BCUT2D eigenvalue weighted by Gasteiger charge is -2.21. The van der Waals surface area contributed by atoms with Crippen molar-refractivity contribution in [2.75, 3.05) is 7.05 Å². The van der Waals surface area contributed by atoms with Gasteiger partial charge in [0.25, 0.3) is 0 Å². The zero-order chi connectivity index (χ0) is 11.4. The van der Waals surface area contributed by atoms with Gasteiger partial charge in [-0.05, 0) is 31.5 Å². The molecule has 0 bridgehead atoms. The molecular weight excluding hydrogens is 193 g/mol. The molecule has 0 saturated carbocycles. The number of rotatable bonds is 3. The Kier molecular flexibility index (Phi) is 3.83. The quantitative estimate of drug-likeness (QED) is 0.747. The van der Waals surface area contributed by atoms with E-state index < -0.39 is 0 Å². The van der Waals surface area contributed by atoms with Crippen LogP contribution in [0.1, 0.15) is 19.4 Å². The van der Waals surface area contributed by atoms with E-state index in [0.29, 0.717) is 5.56 Å². The van der Waals surface area contributed by atoms with Crippen LogP contribution in [0, 0.1) is 5.82 Å². The van der Waals surface area contributed by atoms with Gasteiger partial charge in [-0.2, -0.15) is 0 Å². The summed E-state index contributed by atoms with van der Waals surface area (Å²) >= 11 is 0. The highest BCUT2D eigenvalue weighted by molar-refractivity contribution is 5.78. The summed E-state index contributed by atoms with van der Waals surface area (Å²) in [5.41, 5.74) is 0.715. The van der Waals surface area contributed by atoms with Crippen LogP contribution in [0.15, 0.2) is 24.3 Å². The molecule has 0 aliphatic carbocycles. The zero-order valence-corrected chi connectivity index (χ0v) is 9.33. The van der Waals surface area contributed by atoms with Crippen molar-refractivity contribution in [2.45, 2.75) is 26.3 Å². The van der Waals surface area contributed by atoms with E-state index in [9.17, 15) is 9.18 Å². The van der Waals surface area contributed by atoms with E-state index in [1.165, 1.54) is 12.1 Å². The molecule has 82 valence electrons. The van der Waals surface area contributed by atoms with E-state index >= 15 is 0 Å². The third kappa shape index (κ3) is 3.35. The molecule has 0 spiro atoms. The summed E-state index contributed by atoms with van der Waals surface area (Å²) in [4.78, 5) is 13.3. The zero-order valence-electron chi connectivity index (χ0n) is 9.33. The lowest BCUT2D eigenvalue weighted by Crippen LogP contribution is -2.34. The van der Waals surface area contributed by atoms with Gasteiger partial charge in [0.1, 0.15) is 5.82 Å². The number of hydrogen-bond acceptors (Lipinski definition) is 1. The third-order valence-electron chi connectivity index (χ3n) is 2.41. The highest BCUT2D eigenvalue weighted by atomic mass is 19.1. The maximum Gasteiger partial charge on any atom is 0.226 e. The monoisotopic (exact) mass is 209 g/mol. The Labute approximate surface area is 89.7 Å². The van der Waals surface area contributed by atoms with Crippen molar-refractivity contribution in [2.24, 2.45) is 0 Å². The minimum absolute atomic E-state index is 0.00981. The first-order valence-electron chi connectivity index (χ1n) is 5.01. The summed E-state index contributed by atoms with van der Waals surface area (Å²) < 4.78 is 12.9. The van der Waals surface area contributed by atoms with E-state index in [1.807, 2.05) is 13.8 Å². The Morgan fingerprint density at radius 2 is 2.13 bits per heavy atom. The lowest BCUT2D eigenvalue weighted by molar-refractivity contribution is -0.130. The van der Waals surface area contributed by atoms with Crippen molar-refractivity contribution in [1.29, 1.82) is 0 Å². The third-order valence-corrected chi connectivity index (χ3v) is 2.41. The predicted octanol–water partition coefficient (Wildman–Crippen LogP) is 2.24. The first kappa shape index (κ1) is 11.7. The number of halogens is 1. The molecule has 0 aliphatic heterocycles. The van der Waals surface area contributed by atoms with Crippen molar-refractivity contribution in [3.8, 4) is 0 Å². The molecule has 1 aromatic rings. The van der Waals surface area contributed by atoms with Crippen LogP contribution in [0.4, 0.5) is 4.39 Å². The van der Waals surface area contributed by atoms with Crippen molar-refractivity contribution in [3.05, 3.63) is 35.6 Å². The second-order valence-electron chi connectivity index (χ2n) is 3.91. The van der Waals surface area contributed by atoms with Gasteiger partial charge >= 0.3 is 0 Å². The van der Waals surface area contributed by atoms with Gasteiger partial charge in [-0.25, -0.2) is 4.39 Å². The fraction of sp³-hybridized carbons (Fsp3) is 0.417. The lowest BCUT2D eigenvalue weighted by atomic mass is 10.1. The van der Waals surface area contributed by atoms with Gasteiger partial charge in [0, 0.05) is 13.1 Å². The number of hydrogen-bond donors (Lipinski definition) is 0. The molecule has 0 fully saturated rings. The maximum absolute atomic E-state index is 12.9. The first-order valence-corrected chi connectivity index (χ1v) is 5.01. The molecule has 1 amide bonds. The molecule has 0 aliphatic rings. The summed E-state index contributed by atoms with van der Waals surface area (Å²) in [5, 5.41) is 0. The topological polar surface area (TPSA) is 20.3 Å². The molecule has 0 radical (unpaired) electrons. The molecule has 3 heteroatoms. The predicted molar refractivity (Wildman–Crippen MR) is 58.0 cm³/mol. The largest absolute Gasteiger partial charge is 0.343 e. The summed E-state index contributed by atoms with van der Waals surface area (Å²) in [6, 6.07) is 6.32. The maximum atomic E-state index is 12.9. The molecule has 1 aromatic carbocycles. The molecule has 0 N–H and O–H groups in total. The number of amides is 1. The van der Waals surface area contributed by atoms with Gasteiger partial charge in [-0.3, -0.25) is 4.79 Å². The van der Waals surface area contributed by atoms with Crippen LogP contribution in [0.5, 0.6) is 0 Å². The summed E-state index contributed by atoms with van der Waals surface area (Å²) in [6.45, 7) is 3.90. The van der Waals surface area contributed by atoms with Crippen LogP contribution in [0.25, 0.3) is 0 Å². The highest BCUT2D eigenvalue weighted by Crippen LogP contribution is 2.06. The molecular formula is C12H16FNO. The normalized spacial score (nSPS) is 10.5. The van der Waals surface area contributed by atoms with E-state index in [2.05, 4.69) is 0 Å². The van der Waals surface area contributed by atoms with Crippen LogP contribution < -0.4 is 0 Å². The average Bonchev–Trinajstić information content (AvgIpc) is 2.16. The molecule has 2 nitrogen and oxygen atoms in total. The molecule has 0 unspecified atom stereocenters. The number of nitrogens with zero attached hydrogens (tertiary/aromatic N) is 1. The van der Waals surface area contributed by atoms with Gasteiger partial charge in [0.15, 0.2) is 0 Å². The fourth-order valence-electron chi connectivity index (χ4n) is 1.23. The SMILES string of the molecule is CC(C)N(C)C(=O)Cc1cccc(F)c1. The minimum atomic E-state index is -0.299. The van der Waals surface area contributed by atoms with E-state index in [-0.39, 0.29) is 24.2 Å². The molecule has 0 aromatic heterocycles. The Morgan fingerprint density at radius 1 is 1.47 bits per heavy atom. The van der Waals surface area contributed by atoms with Gasteiger partial charge in [-0.1, -0.05) is 12.1 Å². The van der Waals surface area contributed by atoms with Gasteiger partial charge in [-0.15, -0.1) is 0 Å². The highest BCUT2D eigenvalue weighted by Gasteiger charge is 2.12. The van der Waals surface area contributed by atoms with Crippen LogP contribution in [0.2, 0.25) is 0 Å². The summed E-state index contributed by atoms with van der Waals surface area (Å²) in [7, 11) is 1.76. The second-order valence-corrected chi connectivity index (χ2v) is 3.91. The van der Waals surface area contributed by atoms with Crippen molar-refractivity contribution in [1.82, 2.24) is 4.90 Å². The van der Waals surface area contributed by atoms with Gasteiger partial charge < -0.3 is 4.90 Å². The van der Waals surface area contributed by atoms with E-state index in [1.54, 1.807) is 24.1 Å². The van der Waals surface area contributed by atoms with Crippen LogP contribution in [0.3, 0.4) is 0 Å². The molecule has 15 heavy (non-hydrogen) atoms. The molecule has 0 atom stereocenters. The number of likely N-dealkylation sites (N-methyl/N-ethyl adjacent to an activating group) is 1. The summed E-state index contributed by atoms with van der Waals surface area (Å²) in [6.07, 6.45) is 0.256. The van der Waals surface area contributed by atoms with Gasteiger partial charge in [0.05, 0.1) is 6.42 Å². The molecule has 0 saturated heterocycles. The standard InChI is InChI=1S/C12H16FNO/c1-9(2)14(3)12(15)8-10-5-4-6-11(13)7-10/h4-7,9H,8H2,1-3H3. The Bertz CT molecular complexity index is 349. The van der Waals surface area contributed by atoms with Crippen LogP contribution in [-0.4, -0.2) is 23.9 Å². The average molecular weight is 209 g/mol. The number of carbonyl (C=O) groups excluding carboxylic acids is 1. The first-order chi connectivity index (χ1) is 7.00. The fourth-order valence-corrected chi connectivity index (χ4v) is 1.23. The van der Waals surface area contributed by atoms with E-state index in [4.69, 9.17) is 0 Å². The minimum Gasteiger partial charge on any atom is -0.343 e. The Morgan fingerprint density at radius 3 is 2.67 bits per heavy atom. The Hall–Kier alpha value is -1.38. The smallest absolute Gasteiger partial charge is 0.226 e. The molecule has 0 heterocycles. The van der Waals surface area contributed by atoms with Gasteiger partial charge in [0.2, 0.25) is 5.91 Å². The van der Waals surface area contributed by atoms with Crippen LogP contribution >= 0.6 is 0 Å². The number of carbonyl (C=O) groups is 1. The Balaban J connectivity index is 2.66. The van der Waals surface area contributed by atoms with Crippen molar-refractivity contribution < 1.29 is 9.18 Å². The van der Waals surface area contributed by atoms with Crippen molar-refractivity contribution in [3.63, 3.8) is 0 Å². The molecule has 1 rings (SSSR count). The second kappa shape index (κ2) is 4.91. The summed E-state index contributed by atoms with van der Waals surface area (Å²) in [5.74, 6) is -0.289. The van der Waals surface area contributed by atoms with E-state index in [0.717, 1.165) is 0 Å². The van der Waals surface area contributed by atoms with Crippen molar-refractivity contribution >= 4 is 5.91 Å². The number of benzene rings is 1. The van der Waals surface area contributed by atoms with Crippen LogP contribution in [-0.2, 0) is 11.2 Å².